The number of rotatable bonds is 16. The van der Waals surface area contributed by atoms with Crippen molar-refractivity contribution in [3.05, 3.63) is 34.9 Å². The number of ether oxygens (including phenoxy) is 2. The first-order valence-corrected chi connectivity index (χ1v) is 12.2. The predicted octanol–water partition coefficient (Wildman–Crippen LogP) is 5.96. The molecule has 0 unspecified atom stereocenters. The second-order valence-corrected chi connectivity index (χ2v) is 8.07. The molecule has 0 aliphatic carbocycles. The van der Waals surface area contributed by atoms with Crippen LogP contribution in [-0.4, -0.2) is 30.5 Å². The van der Waals surface area contributed by atoms with E-state index in [1.165, 1.54) is 42.4 Å². The number of unbranched alkanes of at least 4 members (excludes halogenated alkanes) is 4. The lowest BCUT2D eigenvalue weighted by atomic mass is 9.94. The van der Waals surface area contributed by atoms with Gasteiger partial charge in [-0.05, 0) is 75.5 Å². The molecule has 29 heavy (non-hydrogen) atoms. The van der Waals surface area contributed by atoms with Crippen LogP contribution in [0.2, 0.25) is 0 Å². The summed E-state index contributed by atoms with van der Waals surface area (Å²) in [6.07, 6.45) is 10.3. The summed E-state index contributed by atoms with van der Waals surface area (Å²) in [5.74, 6) is -0.242. The van der Waals surface area contributed by atoms with Crippen LogP contribution in [0, 0.1) is 0 Å². The Morgan fingerprint density at radius 2 is 1.41 bits per heavy atom. The van der Waals surface area contributed by atoms with E-state index < -0.39 is 0 Å². The number of hydrogen-bond donors (Lipinski definition) is 0. The maximum atomic E-state index is 11.8. The fourth-order valence-corrected chi connectivity index (χ4v) is 3.77. The average molecular weight is 469 g/mol. The Morgan fingerprint density at radius 3 is 2.10 bits per heavy atom. The van der Waals surface area contributed by atoms with Crippen LogP contribution in [0.5, 0.6) is 0 Å². The summed E-state index contributed by atoms with van der Waals surface area (Å²) in [6.45, 7) is 4.55. The average Bonchev–Trinajstić information content (AvgIpc) is 2.71. The molecule has 0 saturated carbocycles. The molecule has 0 heterocycles. The van der Waals surface area contributed by atoms with Crippen molar-refractivity contribution >= 4 is 27.9 Å². The lowest BCUT2D eigenvalue weighted by Gasteiger charge is -2.12. The zero-order valence-corrected chi connectivity index (χ0v) is 19.7. The van der Waals surface area contributed by atoms with Crippen LogP contribution in [0.15, 0.2) is 18.2 Å². The van der Waals surface area contributed by atoms with Crippen LogP contribution < -0.4 is 0 Å². The molecule has 1 aromatic rings. The Balaban J connectivity index is 2.62. The molecule has 4 nitrogen and oxygen atoms in total. The third-order valence-corrected chi connectivity index (χ3v) is 5.47. The van der Waals surface area contributed by atoms with Crippen molar-refractivity contribution < 1.29 is 19.1 Å². The van der Waals surface area contributed by atoms with Crippen LogP contribution in [0.3, 0.4) is 0 Å². The molecule has 0 N–H and O–H groups in total. The summed E-state index contributed by atoms with van der Waals surface area (Å²) < 4.78 is 10.1. The van der Waals surface area contributed by atoms with Gasteiger partial charge in [0.05, 0.1) is 13.2 Å². The molecule has 0 fully saturated rings. The van der Waals surface area contributed by atoms with Crippen molar-refractivity contribution in [3.63, 3.8) is 0 Å². The summed E-state index contributed by atoms with van der Waals surface area (Å²) in [4.78, 5) is 23.3. The zero-order valence-electron chi connectivity index (χ0n) is 18.1. The molecule has 0 saturated heterocycles. The SMILES string of the molecule is CCOC(=O)CCCCc1ccc(CCCCCCBr)c(CCC(=O)OCC)c1. The molecular formula is C24H37BrO4. The van der Waals surface area contributed by atoms with Crippen molar-refractivity contribution in [1.29, 1.82) is 0 Å². The van der Waals surface area contributed by atoms with Crippen molar-refractivity contribution in [2.24, 2.45) is 0 Å². The first-order valence-electron chi connectivity index (χ1n) is 11.1. The van der Waals surface area contributed by atoms with E-state index in [-0.39, 0.29) is 11.9 Å². The van der Waals surface area contributed by atoms with Gasteiger partial charge in [-0.2, -0.15) is 0 Å². The Kier molecular flexibility index (Phi) is 14.6. The van der Waals surface area contributed by atoms with Gasteiger partial charge in [-0.25, -0.2) is 0 Å². The largest absolute Gasteiger partial charge is 0.466 e. The third-order valence-electron chi connectivity index (χ3n) is 4.91. The van der Waals surface area contributed by atoms with Crippen molar-refractivity contribution in [2.75, 3.05) is 18.5 Å². The number of aryl methyl sites for hydroxylation is 3. The maximum absolute atomic E-state index is 11.8. The molecule has 0 spiro atoms. The van der Waals surface area contributed by atoms with E-state index in [2.05, 4.69) is 34.1 Å². The Morgan fingerprint density at radius 1 is 0.759 bits per heavy atom. The summed E-state index contributed by atoms with van der Waals surface area (Å²) in [5.41, 5.74) is 3.89. The summed E-state index contributed by atoms with van der Waals surface area (Å²) in [7, 11) is 0. The number of alkyl halides is 1. The molecule has 164 valence electrons. The molecular weight excluding hydrogens is 432 g/mol. The van der Waals surface area contributed by atoms with Gasteiger partial charge in [-0.15, -0.1) is 0 Å². The molecule has 0 radical (unpaired) electrons. The molecule has 0 bridgehead atoms. The molecule has 5 heteroatoms. The second kappa shape index (κ2) is 16.4. The fourth-order valence-electron chi connectivity index (χ4n) is 3.38. The highest BCUT2D eigenvalue weighted by Gasteiger charge is 2.09. The van der Waals surface area contributed by atoms with E-state index in [1.54, 1.807) is 0 Å². The van der Waals surface area contributed by atoms with Crippen LogP contribution in [0.1, 0.15) is 81.9 Å². The standard InChI is InChI=1S/C24H37BrO4/c1-3-28-23(26)13-9-8-11-20-14-15-21(12-7-5-6-10-18-25)22(19-20)16-17-24(27)29-4-2/h14-15,19H,3-13,16-18H2,1-2H3. The van der Waals surface area contributed by atoms with Crippen molar-refractivity contribution in [3.8, 4) is 0 Å². The smallest absolute Gasteiger partial charge is 0.306 e. The normalized spacial score (nSPS) is 10.7. The topological polar surface area (TPSA) is 52.6 Å². The van der Waals surface area contributed by atoms with E-state index in [0.29, 0.717) is 26.1 Å². The van der Waals surface area contributed by atoms with Crippen molar-refractivity contribution in [2.45, 2.75) is 84.5 Å². The highest BCUT2D eigenvalue weighted by molar-refractivity contribution is 9.09. The molecule has 0 atom stereocenters. The quantitative estimate of drug-likeness (QED) is 0.170. The van der Waals surface area contributed by atoms with E-state index in [1.807, 2.05) is 13.8 Å². The van der Waals surface area contributed by atoms with E-state index >= 15 is 0 Å². The summed E-state index contributed by atoms with van der Waals surface area (Å²) >= 11 is 3.48. The first-order chi connectivity index (χ1) is 14.1. The molecule has 1 aromatic carbocycles. The van der Waals surface area contributed by atoms with Crippen LogP contribution in [0.25, 0.3) is 0 Å². The summed E-state index contributed by atoms with van der Waals surface area (Å²) in [6, 6.07) is 6.68. The number of hydrogen-bond acceptors (Lipinski definition) is 4. The molecule has 0 aromatic heterocycles. The lowest BCUT2D eigenvalue weighted by molar-refractivity contribution is -0.144. The van der Waals surface area contributed by atoms with E-state index in [4.69, 9.17) is 9.47 Å². The molecule has 0 amide bonds. The third kappa shape index (κ3) is 12.0. The van der Waals surface area contributed by atoms with Crippen LogP contribution >= 0.6 is 15.9 Å². The minimum Gasteiger partial charge on any atom is -0.466 e. The van der Waals surface area contributed by atoms with Gasteiger partial charge in [0, 0.05) is 18.2 Å². The zero-order chi connectivity index (χ0) is 21.3. The number of esters is 2. The van der Waals surface area contributed by atoms with E-state index in [9.17, 15) is 9.59 Å². The Bertz CT molecular complexity index is 601. The van der Waals surface area contributed by atoms with Gasteiger partial charge in [0.25, 0.3) is 0 Å². The summed E-state index contributed by atoms with van der Waals surface area (Å²) in [5, 5.41) is 1.07. The van der Waals surface area contributed by atoms with Gasteiger partial charge in [0.2, 0.25) is 0 Å². The molecule has 0 aliphatic rings. The van der Waals surface area contributed by atoms with Gasteiger partial charge in [0.1, 0.15) is 0 Å². The maximum Gasteiger partial charge on any atom is 0.306 e. The Labute approximate surface area is 184 Å². The fraction of sp³-hybridized carbons (Fsp3) is 0.667. The first kappa shape index (κ1) is 25.7. The highest BCUT2D eigenvalue weighted by atomic mass is 79.9. The second-order valence-electron chi connectivity index (χ2n) is 7.27. The highest BCUT2D eigenvalue weighted by Crippen LogP contribution is 2.19. The van der Waals surface area contributed by atoms with E-state index in [0.717, 1.165) is 37.4 Å². The number of halogens is 1. The van der Waals surface area contributed by atoms with Gasteiger partial charge in [-0.3, -0.25) is 9.59 Å². The van der Waals surface area contributed by atoms with Gasteiger partial charge in [-0.1, -0.05) is 47.0 Å². The van der Waals surface area contributed by atoms with Gasteiger partial charge >= 0.3 is 11.9 Å². The monoisotopic (exact) mass is 468 g/mol. The minimum absolute atomic E-state index is 0.113. The number of carbonyl (C=O) groups is 2. The molecule has 0 aliphatic heterocycles. The van der Waals surface area contributed by atoms with Crippen molar-refractivity contribution in [1.82, 2.24) is 0 Å². The van der Waals surface area contributed by atoms with Gasteiger partial charge < -0.3 is 9.47 Å². The van der Waals surface area contributed by atoms with Crippen LogP contribution in [-0.2, 0) is 38.3 Å². The number of carbonyl (C=O) groups excluding carboxylic acids is 2. The lowest BCUT2D eigenvalue weighted by Crippen LogP contribution is -2.07. The number of benzene rings is 1. The van der Waals surface area contributed by atoms with Crippen LogP contribution in [0.4, 0.5) is 0 Å². The van der Waals surface area contributed by atoms with Gasteiger partial charge in [0.15, 0.2) is 0 Å². The predicted molar refractivity (Wildman–Crippen MR) is 122 cm³/mol. The molecule has 1 rings (SSSR count). The minimum atomic E-state index is -0.129. The Hall–Kier alpha value is -1.36.